The lowest BCUT2D eigenvalue weighted by Gasteiger charge is -2.15. The largest absolute Gasteiger partial charge is 0.294 e. The van der Waals surface area contributed by atoms with E-state index in [1.165, 1.54) is 5.01 Å². The number of halogens is 1. The number of nitrogens with zero attached hydrogens (tertiary/aromatic N) is 2. The number of carbonyl (C=O) groups excluding carboxylic acids is 2. The van der Waals surface area contributed by atoms with Gasteiger partial charge in [0.25, 0.3) is 5.91 Å². The summed E-state index contributed by atoms with van der Waals surface area (Å²) < 4.78 is 0. The maximum Gasteiger partial charge on any atom is 0.260 e. The Bertz CT molecular complexity index is 1160. The second-order valence-electron chi connectivity index (χ2n) is 7.74. The molecule has 0 unspecified atom stereocenters. The second-order valence-corrected chi connectivity index (χ2v) is 8.18. The quantitative estimate of drug-likeness (QED) is 0.540. The van der Waals surface area contributed by atoms with Gasteiger partial charge in [-0.25, -0.2) is 0 Å². The molecule has 0 radical (unpaired) electrons. The fraction of sp³-hybridized carbons (Fsp3) is 0.160. The van der Waals surface area contributed by atoms with Gasteiger partial charge < -0.3 is 0 Å². The fourth-order valence-corrected chi connectivity index (χ4v) is 4.85. The zero-order valence-corrected chi connectivity index (χ0v) is 17.1. The molecule has 1 heterocycles. The first-order chi connectivity index (χ1) is 14.5. The van der Waals surface area contributed by atoms with Gasteiger partial charge in [-0.05, 0) is 36.8 Å². The Morgan fingerprint density at radius 2 is 1.53 bits per heavy atom. The smallest absolute Gasteiger partial charge is 0.260 e. The van der Waals surface area contributed by atoms with E-state index in [0.717, 1.165) is 5.56 Å². The summed E-state index contributed by atoms with van der Waals surface area (Å²) in [6.45, 7) is 1.85. The molecule has 30 heavy (non-hydrogen) atoms. The van der Waals surface area contributed by atoms with E-state index in [2.05, 4.69) is 5.10 Å². The van der Waals surface area contributed by atoms with Crippen LogP contribution in [0.1, 0.15) is 28.8 Å². The molecule has 0 saturated heterocycles. The van der Waals surface area contributed by atoms with Crippen molar-refractivity contribution in [3.05, 3.63) is 101 Å². The molecule has 3 aromatic carbocycles. The molecule has 3 atom stereocenters. The molecule has 3 aromatic rings. The minimum absolute atomic E-state index is 0.0339. The van der Waals surface area contributed by atoms with E-state index >= 15 is 0 Å². The van der Waals surface area contributed by atoms with E-state index < -0.39 is 11.3 Å². The number of benzene rings is 3. The van der Waals surface area contributed by atoms with Gasteiger partial charge in [0.2, 0.25) is 0 Å². The Balaban J connectivity index is 1.60. The van der Waals surface area contributed by atoms with Crippen LogP contribution in [0.2, 0.25) is 5.02 Å². The standard InChI is InChI=1S/C25H19ClN2O2/c1-16-25(24(30)28(27-16)20-10-6-3-7-11-20)21(17-12-14-19(26)15-13-17)22(25)23(29)18-8-4-2-5-9-18/h2-15,21-22H,1H3/t21-,22+,25-/m0/s1. The molecule has 5 heteroatoms. The van der Waals surface area contributed by atoms with E-state index in [9.17, 15) is 9.59 Å². The van der Waals surface area contributed by atoms with Gasteiger partial charge in [0.05, 0.1) is 17.3 Å². The molecule has 1 fully saturated rings. The number of Topliss-reactive ketones (excluding diaryl/α,β-unsaturated/α-hetero) is 1. The molecular formula is C25H19ClN2O2. The lowest BCUT2D eigenvalue weighted by atomic mass is 9.92. The molecular weight excluding hydrogens is 396 g/mol. The van der Waals surface area contributed by atoms with Gasteiger partial charge in [-0.15, -0.1) is 0 Å². The number of carbonyl (C=O) groups is 2. The number of hydrazone groups is 1. The Hall–Kier alpha value is -3.24. The first-order valence-electron chi connectivity index (χ1n) is 9.85. The molecule has 1 amide bonds. The van der Waals surface area contributed by atoms with Crippen LogP contribution in [0, 0.1) is 11.3 Å². The van der Waals surface area contributed by atoms with Crippen molar-refractivity contribution in [2.75, 3.05) is 5.01 Å². The summed E-state index contributed by atoms with van der Waals surface area (Å²) in [7, 11) is 0. The third-order valence-corrected chi connectivity index (χ3v) is 6.42. The lowest BCUT2D eigenvalue weighted by molar-refractivity contribution is -0.121. The van der Waals surface area contributed by atoms with Crippen LogP contribution in [0.5, 0.6) is 0 Å². The van der Waals surface area contributed by atoms with Crippen molar-refractivity contribution in [2.45, 2.75) is 12.8 Å². The maximum absolute atomic E-state index is 13.7. The van der Waals surface area contributed by atoms with Crippen molar-refractivity contribution in [3.63, 3.8) is 0 Å². The summed E-state index contributed by atoms with van der Waals surface area (Å²) in [5, 5.41) is 6.66. The highest BCUT2D eigenvalue weighted by Crippen LogP contribution is 2.69. The first-order valence-corrected chi connectivity index (χ1v) is 10.2. The van der Waals surface area contributed by atoms with E-state index in [4.69, 9.17) is 11.6 Å². The number of amides is 1. The summed E-state index contributed by atoms with van der Waals surface area (Å²) >= 11 is 6.08. The highest BCUT2D eigenvalue weighted by Gasteiger charge is 2.77. The number of para-hydroxylation sites is 1. The molecule has 4 nitrogen and oxygen atoms in total. The third-order valence-electron chi connectivity index (χ3n) is 6.17. The number of ketones is 1. The number of hydrogen-bond donors (Lipinski definition) is 0. The van der Waals surface area contributed by atoms with Gasteiger partial charge in [0.15, 0.2) is 5.78 Å². The highest BCUT2D eigenvalue weighted by molar-refractivity contribution is 6.30. The summed E-state index contributed by atoms with van der Waals surface area (Å²) in [5.74, 6) is -0.952. The van der Waals surface area contributed by atoms with Crippen LogP contribution in [0.4, 0.5) is 5.69 Å². The molecule has 1 spiro atoms. The Morgan fingerprint density at radius 1 is 0.933 bits per heavy atom. The Labute approximate surface area is 179 Å². The summed E-state index contributed by atoms with van der Waals surface area (Å²) in [4.78, 5) is 27.2. The topological polar surface area (TPSA) is 49.7 Å². The molecule has 0 aromatic heterocycles. The van der Waals surface area contributed by atoms with Crippen molar-refractivity contribution < 1.29 is 9.59 Å². The van der Waals surface area contributed by atoms with Crippen LogP contribution in [-0.2, 0) is 4.79 Å². The van der Waals surface area contributed by atoms with Gasteiger partial charge in [0.1, 0.15) is 5.41 Å². The zero-order valence-electron chi connectivity index (χ0n) is 16.3. The van der Waals surface area contributed by atoms with Gasteiger partial charge in [-0.1, -0.05) is 72.3 Å². The second kappa shape index (κ2) is 6.92. The van der Waals surface area contributed by atoms with E-state index in [1.54, 1.807) is 24.3 Å². The van der Waals surface area contributed by atoms with E-state index in [-0.39, 0.29) is 17.6 Å². The van der Waals surface area contributed by atoms with Crippen LogP contribution >= 0.6 is 11.6 Å². The molecule has 0 N–H and O–H groups in total. The minimum Gasteiger partial charge on any atom is -0.294 e. The summed E-state index contributed by atoms with van der Waals surface area (Å²) in [6, 6.07) is 25.9. The molecule has 1 saturated carbocycles. The van der Waals surface area contributed by atoms with Crippen molar-refractivity contribution in [1.29, 1.82) is 0 Å². The van der Waals surface area contributed by atoms with Crippen LogP contribution in [0.15, 0.2) is 90.0 Å². The lowest BCUT2D eigenvalue weighted by Crippen LogP contribution is -2.32. The number of rotatable bonds is 4. The first kappa shape index (κ1) is 18.8. The van der Waals surface area contributed by atoms with Crippen molar-refractivity contribution in [2.24, 2.45) is 16.4 Å². The van der Waals surface area contributed by atoms with Crippen molar-refractivity contribution >= 4 is 34.7 Å². The molecule has 0 bridgehead atoms. The molecule has 5 rings (SSSR count). The average Bonchev–Trinajstić information content (AvgIpc) is 3.42. The van der Waals surface area contributed by atoms with Crippen LogP contribution in [0.3, 0.4) is 0 Å². The molecule has 1 aliphatic carbocycles. The summed E-state index contributed by atoms with van der Waals surface area (Å²) in [6.07, 6.45) is 0. The zero-order chi connectivity index (χ0) is 20.9. The van der Waals surface area contributed by atoms with E-state index in [0.29, 0.717) is 22.0 Å². The summed E-state index contributed by atoms with van der Waals surface area (Å²) in [5.41, 5.74) is 1.94. The highest BCUT2D eigenvalue weighted by atomic mass is 35.5. The van der Waals surface area contributed by atoms with Crippen LogP contribution < -0.4 is 5.01 Å². The molecule has 1 aliphatic heterocycles. The van der Waals surface area contributed by atoms with Gasteiger partial charge in [0, 0.05) is 16.5 Å². The fourth-order valence-electron chi connectivity index (χ4n) is 4.72. The van der Waals surface area contributed by atoms with Crippen LogP contribution in [-0.4, -0.2) is 17.4 Å². The normalized spacial score (nSPS) is 24.8. The van der Waals surface area contributed by atoms with Crippen molar-refractivity contribution in [3.8, 4) is 0 Å². The van der Waals surface area contributed by atoms with Crippen LogP contribution in [0.25, 0.3) is 0 Å². The number of hydrogen-bond acceptors (Lipinski definition) is 3. The SMILES string of the molecule is CC1=NN(c2ccccc2)C(=O)[C@@]12[C@@H](C(=O)c1ccccc1)[C@@H]2c1ccc(Cl)cc1. The van der Waals surface area contributed by atoms with Gasteiger partial charge in [-0.3, -0.25) is 9.59 Å². The van der Waals surface area contributed by atoms with Gasteiger partial charge >= 0.3 is 0 Å². The average molecular weight is 415 g/mol. The Morgan fingerprint density at radius 3 is 2.17 bits per heavy atom. The van der Waals surface area contributed by atoms with Crippen molar-refractivity contribution in [1.82, 2.24) is 0 Å². The van der Waals surface area contributed by atoms with Gasteiger partial charge in [-0.2, -0.15) is 10.1 Å². The number of anilines is 1. The predicted octanol–water partition coefficient (Wildman–Crippen LogP) is 5.35. The minimum atomic E-state index is -0.962. The predicted molar refractivity (Wildman–Crippen MR) is 118 cm³/mol. The third kappa shape index (κ3) is 2.64. The van der Waals surface area contributed by atoms with E-state index in [1.807, 2.05) is 67.6 Å². The molecule has 148 valence electrons. The molecule has 2 aliphatic rings. The Kier molecular flexibility index (Phi) is 4.33. The monoisotopic (exact) mass is 414 g/mol. The maximum atomic E-state index is 13.7.